The first kappa shape index (κ1) is 21.5. The number of hydrogen-bond acceptors (Lipinski definition) is 5. The van der Waals surface area contributed by atoms with Crippen LogP contribution in [0.15, 0.2) is 48.5 Å². The molecule has 0 unspecified atom stereocenters. The minimum absolute atomic E-state index is 0.142. The predicted octanol–water partition coefficient (Wildman–Crippen LogP) is 4.59. The van der Waals surface area contributed by atoms with E-state index in [1.165, 1.54) is 25.7 Å². The fourth-order valence-electron chi connectivity index (χ4n) is 3.15. The Morgan fingerprint density at radius 2 is 1.87 bits per heavy atom. The summed E-state index contributed by atoms with van der Waals surface area (Å²) >= 11 is 0. The zero-order valence-corrected chi connectivity index (χ0v) is 17.4. The Balaban J connectivity index is 1.46. The number of ether oxygens (including phenoxy) is 1. The van der Waals surface area contributed by atoms with Crippen LogP contribution in [-0.4, -0.2) is 33.1 Å². The maximum atomic E-state index is 12.6. The predicted molar refractivity (Wildman–Crippen MR) is 117 cm³/mol. The van der Waals surface area contributed by atoms with E-state index in [4.69, 9.17) is 4.74 Å². The average molecular weight is 408 g/mol. The third-order valence-electron chi connectivity index (χ3n) is 4.84. The van der Waals surface area contributed by atoms with Gasteiger partial charge in [-0.05, 0) is 54.8 Å². The Hall–Kier alpha value is -3.22. The van der Waals surface area contributed by atoms with Gasteiger partial charge in [-0.2, -0.15) is 5.21 Å². The maximum absolute atomic E-state index is 12.6. The standard InChI is InChI=1S/C23H29N5O2/c1-2-3-4-5-6-16-30-21-13-11-19(12-14-21)23(29)24-20-9-7-8-18(17-20)10-15-22-25-27-28-26-22/h7-9,11-14,17H,2-6,10,15-16H2,1H3,(H,24,29)(H,25,26,27,28). The van der Waals surface area contributed by atoms with Gasteiger partial charge in [-0.1, -0.05) is 50.0 Å². The van der Waals surface area contributed by atoms with Crippen molar-refractivity contribution >= 4 is 11.6 Å². The maximum Gasteiger partial charge on any atom is 0.255 e. The van der Waals surface area contributed by atoms with Crippen molar-refractivity contribution < 1.29 is 9.53 Å². The third-order valence-corrected chi connectivity index (χ3v) is 4.84. The Bertz CT molecular complexity index is 894. The first-order chi connectivity index (χ1) is 14.7. The molecule has 1 aromatic heterocycles. The molecule has 1 amide bonds. The van der Waals surface area contributed by atoms with Crippen LogP contribution >= 0.6 is 0 Å². The van der Waals surface area contributed by atoms with Crippen LogP contribution in [0.5, 0.6) is 5.75 Å². The van der Waals surface area contributed by atoms with Crippen molar-refractivity contribution in [1.29, 1.82) is 0 Å². The molecule has 0 atom stereocenters. The fraction of sp³-hybridized carbons (Fsp3) is 0.391. The molecule has 0 saturated heterocycles. The number of unbranched alkanes of at least 4 members (excludes halogenated alkanes) is 4. The normalized spacial score (nSPS) is 10.7. The number of aromatic amines is 1. The minimum atomic E-state index is -0.142. The molecular formula is C23H29N5O2. The smallest absolute Gasteiger partial charge is 0.255 e. The summed E-state index contributed by atoms with van der Waals surface area (Å²) in [6, 6.07) is 15.1. The van der Waals surface area contributed by atoms with Crippen molar-refractivity contribution in [3.05, 3.63) is 65.5 Å². The quantitative estimate of drug-likeness (QED) is 0.429. The molecule has 1 heterocycles. The van der Waals surface area contributed by atoms with Crippen molar-refractivity contribution in [1.82, 2.24) is 20.6 Å². The van der Waals surface area contributed by atoms with Gasteiger partial charge in [0.05, 0.1) is 6.61 Å². The van der Waals surface area contributed by atoms with E-state index in [0.29, 0.717) is 24.4 Å². The number of H-pyrrole nitrogens is 1. The molecule has 3 rings (SSSR count). The van der Waals surface area contributed by atoms with Crippen LogP contribution < -0.4 is 10.1 Å². The number of aryl methyl sites for hydroxylation is 2. The molecule has 30 heavy (non-hydrogen) atoms. The van der Waals surface area contributed by atoms with Crippen molar-refractivity contribution in [3.8, 4) is 5.75 Å². The van der Waals surface area contributed by atoms with E-state index in [1.54, 1.807) is 12.1 Å². The monoisotopic (exact) mass is 407 g/mol. The number of amides is 1. The number of carbonyl (C=O) groups excluding carboxylic acids is 1. The molecule has 0 aliphatic carbocycles. The zero-order valence-electron chi connectivity index (χ0n) is 17.4. The van der Waals surface area contributed by atoms with Gasteiger partial charge in [0.1, 0.15) is 5.75 Å². The Morgan fingerprint density at radius 1 is 1.03 bits per heavy atom. The Morgan fingerprint density at radius 3 is 2.63 bits per heavy atom. The van der Waals surface area contributed by atoms with Gasteiger partial charge < -0.3 is 10.1 Å². The lowest BCUT2D eigenvalue weighted by Gasteiger charge is -2.09. The van der Waals surface area contributed by atoms with Crippen LogP contribution in [0.1, 0.15) is 60.8 Å². The average Bonchev–Trinajstić information content (AvgIpc) is 3.29. The largest absolute Gasteiger partial charge is 0.494 e. The van der Waals surface area contributed by atoms with E-state index in [9.17, 15) is 4.79 Å². The van der Waals surface area contributed by atoms with Gasteiger partial charge >= 0.3 is 0 Å². The number of hydrogen-bond donors (Lipinski definition) is 2. The van der Waals surface area contributed by atoms with Gasteiger partial charge in [0, 0.05) is 17.7 Å². The number of nitrogens with zero attached hydrogens (tertiary/aromatic N) is 3. The molecule has 0 bridgehead atoms. The van der Waals surface area contributed by atoms with E-state index < -0.39 is 0 Å². The van der Waals surface area contributed by atoms with E-state index in [0.717, 1.165) is 29.8 Å². The van der Waals surface area contributed by atoms with Gasteiger partial charge in [-0.3, -0.25) is 4.79 Å². The molecular weight excluding hydrogens is 378 g/mol. The van der Waals surface area contributed by atoms with E-state index in [-0.39, 0.29) is 5.91 Å². The Kier molecular flexibility index (Phi) is 8.38. The summed E-state index contributed by atoms with van der Waals surface area (Å²) in [5.41, 5.74) is 2.46. The summed E-state index contributed by atoms with van der Waals surface area (Å²) < 4.78 is 5.76. The lowest BCUT2D eigenvalue weighted by atomic mass is 10.1. The number of tetrazole rings is 1. The topological polar surface area (TPSA) is 92.8 Å². The lowest BCUT2D eigenvalue weighted by Crippen LogP contribution is -2.12. The molecule has 2 aromatic carbocycles. The molecule has 0 aliphatic heterocycles. The highest BCUT2D eigenvalue weighted by Gasteiger charge is 2.07. The number of anilines is 1. The molecule has 3 aromatic rings. The minimum Gasteiger partial charge on any atom is -0.494 e. The highest BCUT2D eigenvalue weighted by atomic mass is 16.5. The summed E-state index contributed by atoms with van der Waals surface area (Å²) in [4.78, 5) is 12.6. The second-order valence-corrected chi connectivity index (χ2v) is 7.27. The molecule has 0 aliphatic rings. The third kappa shape index (κ3) is 6.99. The molecule has 0 radical (unpaired) electrons. The van der Waals surface area contributed by atoms with Gasteiger partial charge in [0.2, 0.25) is 0 Å². The zero-order chi connectivity index (χ0) is 21.0. The summed E-state index contributed by atoms with van der Waals surface area (Å²) in [6.07, 6.45) is 7.51. The van der Waals surface area contributed by atoms with Crippen LogP contribution in [-0.2, 0) is 12.8 Å². The van der Waals surface area contributed by atoms with Crippen molar-refractivity contribution in [2.75, 3.05) is 11.9 Å². The molecule has 7 heteroatoms. The van der Waals surface area contributed by atoms with Crippen LogP contribution in [0.2, 0.25) is 0 Å². The Labute approximate surface area is 177 Å². The van der Waals surface area contributed by atoms with Crippen molar-refractivity contribution in [3.63, 3.8) is 0 Å². The molecule has 7 nitrogen and oxygen atoms in total. The van der Waals surface area contributed by atoms with E-state index >= 15 is 0 Å². The number of nitrogens with one attached hydrogen (secondary N) is 2. The molecule has 158 valence electrons. The summed E-state index contributed by atoms with van der Waals surface area (Å²) in [5.74, 6) is 1.33. The molecule has 0 spiro atoms. The van der Waals surface area contributed by atoms with Gasteiger partial charge in [0.25, 0.3) is 5.91 Å². The number of carbonyl (C=O) groups is 1. The van der Waals surface area contributed by atoms with Crippen LogP contribution in [0.4, 0.5) is 5.69 Å². The number of rotatable bonds is 12. The highest BCUT2D eigenvalue weighted by Crippen LogP contribution is 2.17. The van der Waals surface area contributed by atoms with Crippen molar-refractivity contribution in [2.24, 2.45) is 0 Å². The lowest BCUT2D eigenvalue weighted by molar-refractivity contribution is 0.102. The van der Waals surface area contributed by atoms with Crippen LogP contribution in [0, 0.1) is 0 Å². The summed E-state index contributed by atoms with van der Waals surface area (Å²) in [5, 5.41) is 16.9. The van der Waals surface area contributed by atoms with E-state index in [1.807, 2.05) is 36.4 Å². The van der Waals surface area contributed by atoms with Gasteiger partial charge in [-0.15, -0.1) is 10.2 Å². The first-order valence-corrected chi connectivity index (χ1v) is 10.6. The number of aromatic nitrogens is 4. The second kappa shape index (κ2) is 11.7. The van der Waals surface area contributed by atoms with Crippen LogP contribution in [0.3, 0.4) is 0 Å². The number of benzene rings is 2. The molecule has 2 N–H and O–H groups in total. The van der Waals surface area contributed by atoms with Crippen LogP contribution in [0.25, 0.3) is 0 Å². The fourth-order valence-corrected chi connectivity index (χ4v) is 3.15. The highest BCUT2D eigenvalue weighted by molar-refractivity contribution is 6.04. The molecule has 0 saturated carbocycles. The second-order valence-electron chi connectivity index (χ2n) is 7.27. The van der Waals surface area contributed by atoms with Gasteiger partial charge in [0.15, 0.2) is 5.82 Å². The van der Waals surface area contributed by atoms with E-state index in [2.05, 4.69) is 32.9 Å². The summed E-state index contributed by atoms with van der Waals surface area (Å²) in [6.45, 7) is 2.93. The van der Waals surface area contributed by atoms with Crippen molar-refractivity contribution in [2.45, 2.75) is 51.9 Å². The summed E-state index contributed by atoms with van der Waals surface area (Å²) in [7, 11) is 0. The molecule has 0 fully saturated rings. The van der Waals surface area contributed by atoms with Gasteiger partial charge in [-0.25, -0.2) is 0 Å². The SMILES string of the molecule is CCCCCCCOc1ccc(C(=O)Nc2cccc(CCc3nn[nH]n3)c2)cc1. The first-order valence-electron chi connectivity index (χ1n) is 10.6.